The Kier molecular flexibility index (Phi) is 9.32. The molecule has 8 aromatic rings. The largest absolute Gasteiger partial charge is 0.305 e. The minimum Gasteiger partial charge on any atom is -0.305 e. The Hall–Kier alpha value is -4.47. The standard InChI is InChI=1S/C22H20NSi.C22H18N.Ir/c1-24(2,3)19-11-13-22(23-15-19)18-10-12-21-17(14-18)9-8-16-6-4-5-7-20(16)21;1-15(2)17-11-12-23-22(14-17)19-9-10-21-18(13-19)8-7-16-5-3-4-6-20(16)21;/h4-9,11-15H,1-3H3;3-8,10-15H,1-2H3;/q2*-1;/i;15D;. The van der Waals surface area contributed by atoms with Crippen molar-refractivity contribution in [1.29, 1.82) is 0 Å². The predicted molar refractivity (Wildman–Crippen MR) is 204 cm³/mol. The van der Waals surface area contributed by atoms with Crippen LogP contribution in [0.3, 0.4) is 0 Å². The van der Waals surface area contributed by atoms with E-state index in [4.69, 9.17) is 1.37 Å². The van der Waals surface area contributed by atoms with Gasteiger partial charge in [-0.05, 0) is 39.3 Å². The fourth-order valence-electron chi connectivity index (χ4n) is 6.07. The molecule has 8 rings (SSSR count). The van der Waals surface area contributed by atoms with Crippen molar-refractivity contribution < 1.29 is 21.5 Å². The van der Waals surface area contributed by atoms with E-state index in [1.165, 1.54) is 48.3 Å². The molecule has 4 heteroatoms. The van der Waals surface area contributed by atoms with E-state index in [1.54, 1.807) is 6.20 Å². The molecular weight excluding hydrogens is 777 g/mol. The molecule has 0 fully saturated rings. The van der Waals surface area contributed by atoms with E-state index in [-0.39, 0.29) is 20.1 Å². The summed E-state index contributed by atoms with van der Waals surface area (Å²) in [5.74, 6) is -0.634. The van der Waals surface area contributed by atoms with Gasteiger partial charge in [-0.15, -0.1) is 58.3 Å². The molecule has 0 spiro atoms. The molecule has 0 saturated heterocycles. The molecule has 0 amide bonds. The fourth-order valence-corrected chi connectivity index (χ4v) is 7.11. The number of rotatable bonds is 4. The zero-order chi connectivity index (χ0) is 33.5. The maximum atomic E-state index is 8.22. The molecular formula is C44H38IrN2Si-2. The number of pyridine rings is 2. The molecule has 1 radical (unpaired) electrons. The van der Waals surface area contributed by atoms with Crippen molar-refractivity contribution in [2.75, 3.05) is 0 Å². The number of hydrogen-bond acceptors (Lipinski definition) is 2. The van der Waals surface area contributed by atoms with Crippen molar-refractivity contribution in [2.24, 2.45) is 0 Å². The van der Waals surface area contributed by atoms with E-state index in [2.05, 4.69) is 145 Å². The van der Waals surface area contributed by atoms with E-state index < -0.39 is 14.0 Å². The third-order valence-electron chi connectivity index (χ3n) is 8.87. The van der Waals surface area contributed by atoms with Crippen LogP contribution >= 0.6 is 0 Å². The third kappa shape index (κ3) is 6.89. The quantitative estimate of drug-likeness (QED) is 0.100. The van der Waals surface area contributed by atoms with Crippen LogP contribution in [-0.2, 0) is 20.1 Å². The van der Waals surface area contributed by atoms with Crippen LogP contribution < -0.4 is 5.19 Å². The zero-order valence-electron chi connectivity index (χ0n) is 28.9. The average Bonchev–Trinajstić information content (AvgIpc) is 3.10. The Balaban J connectivity index is 0.000000167. The van der Waals surface area contributed by atoms with Crippen molar-refractivity contribution in [3.8, 4) is 22.5 Å². The summed E-state index contributed by atoms with van der Waals surface area (Å²) in [5, 5.41) is 11.3. The van der Waals surface area contributed by atoms with E-state index in [0.717, 1.165) is 28.1 Å². The summed E-state index contributed by atoms with van der Waals surface area (Å²) in [7, 11) is -1.30. The minimum atomic E-state index is -1.30. The topological polar surface area (TPSA) is 25.8 Å². The molecule has 0 aliphatic heterocycles. The van der Waals surface area contributed by atoms with Crippen molar-refractivity contribution in [2.45, 2.75) is 39.4 Å². The number of hydrogen-bond donors (Lipinski definition) is 0. The normalized spacial score (nSPS) is 12.0. The molecule has 2 aromatic heterocycles. The number of fused-ring (bicyclic) bond motifs is 6. The molecule has 0 saturated carbocycles. The van der Waals surface area contributed by atoms with Crippen LogP contribution in [0.15, 0.2) is 134 Å². The van der Waals surface area contributed by atoms with Gasteiger partial charge in [-0.3, -0.25) is 0 Å². The first kappa shape index (κ1) is 32.1. The first-order valence-electron chi connectivity index (χ1n) is 16.6. The Labute approximate surface area is 299 Å². The molecule has 0 atom stereocenters. The Morgan fingerprint density at radius 2 is 1.12 bits per heavy atom. The van der Waals surface area contributed by atoms with E-state index in [1.807, 2.05) is 38.2 Å². The van der Waals surface area contributed by atoms with Crippen LogP contribution in [0.2, 0.25) is 19.6 Å². The average molecular weight is 816 g/mol. The van der Waals surface area contributed by atoms with Gasteiger partial charge < -0.3 is 9.97 Å². The molecule has 0 aliphatic carbocycles. The van der Waals surface area contributed by atoms with Gasteiger partial charge >= 0.3 is 0 Å². The number of aromatic nitrogens is 2. The summed E-state index contributed by atoms with van der Waals surface area (Å²) in [4.78, 5) is 9.17. The Bertz CT molecular complexity index is 2430. The summed E-state index contributed by atoms with van der Waals surface area (Å²) in [6.45, 7) is 10.8. The minimum absolute atomic E-state index is 0. The molecule has 2 heterocycles. The van der Waals surface area contributed by atoms with Gasteiger partial charge in [0, 0.05) is 33.9 Å². The Morgan fingerprint density at radius 1 is 0.583 bits per heavy atom. The van der Waals surface area contributed by atoms with Gasteiger partial charge in [0.15, 0.2) is 0 Å². The summed E-state index contributed by atoms with van der Waals surface area (Å²) in [5.41, 5.74) is 4.83. The number of nitrogens with zero attached hydrogens (tertiary/aromatic N) is 2. The molecule has 48 heavy (non-hydrogen) atoms. The molecule has 0 aliphatic rings. The molecule has 0 bridgehead atoms. The summed E-state index contributed by atoms with van der Waals surface area (Å²) in [6, 6.07) is 49.1. The molecule has 0 unspecified atom stereocenters. The van der Waals surface area contributed by atoms with Gasteiger partial charge in [0.25, 0.3) is 0 Å². The summed E-state index contributed by atoms with van der Waals surface area (Å²) in [6.07, 6.45) is 3.82. The molecule has 239 valence electrons. The molecule has 2 nitrogen and oxygen atoms in total. The smallest absolute Gasteiger partial charge is 0.0795 e. The number of benzene rings is 6. The molecule has 6 aromatic carbocycles. The van der Waals surface area contributed by atoms with Crippen LogP contribution in [0.25, 0.3) is 65.6 Å². The van der Waals surface area contributed by atoms with Crippen LogP contribution in [0.4, 0.5) is 0 Å². The summed E-state index contributed by atoms with van der Waals surface area (Å²) < 4.78 is 8.22. The van der Waals surface area contributed by atoms with Gasteiger partial charge in [-0.2, -0.15) is 0 Å². The van der Waals surface area contributed by atoms with E-state index in [0.29, 0.717) is 0 Å². The first-order chi connectivity index (χ1) is 23.0. The van der Waals surface area contributed by atoms with Crippen LogP contribution in [0.1, 0.15) is 26.7 Å². The predicted octanol–water partition coefficient (Wildman–Crippen LogP) is 11.4. The van der Waals surface area contributed by atoms with Crippen LogP contribution in [0.5, 0.6) is 0 Å². The SMILES string of the molecule is C[Si](C)(C)c1ccc(-c2[c-]cc3c(ccc4ccccc43)c2)nc1.[2H]C(C)(C)c1ccnc(-c2[c-]cc3c(ccc4ccccc43)c2)c1.[Ir]. The van der Waals surface area contributed by atoms with Gasteiger partial charge in [-0.1, -0.05) is 152 Å². The van der Waals surface area contributed by atoms with Crippen LogP contribution in [-0.4, -0.2) is 18.0 Å². The van der Waals surface area contributed by atoms with Crippen molar-refractivity contribution in [3.05, 3.63) is 151 Å². The van der Waals surface area contributed by atoms with Crippen molar-refractivity contribution in [3.63, 3.8) is 0 Å². The van der Waals surface area contributed by atoms with Crippen molar-refractivity contribution >= 4 is 56.4 Å². The fraction of sp³-hybridized carbons (Fsp3) is 0.136. The van der Waals surface area contributed by atoms with Crippen molar-refractivity contribution in [1.82, 2.24) is 9.97 Å². The second kappa shape index (κ2) is 13.9. The zero-order valence-corrected chi connectivity index (χ0v) is 31.3. The van der Waals surface area contributed by atoms with Gasteiger partial charge in [-0.25, -0.2) is 0 Å². The second-order valence-electron chi connectivity index (χ2n) is 13.4. The van der Waals surface area contributed by atoms with Gasteiger partial charge in [0.2, 0.25) is 0 Å². The molecule has 0 N–H and O–H groups in total. The Morgan fingerprint density at radius 3 is 1.65 bits per heavy atom. The third-order valence-corrected chi connectivity index (χ3v) is 10.9. The maximum absolute atomic E-state index is 8.22. The van der Waals surface area contributed by atoms with Gasteiger partial charge in [0.1, 0.15) is 0 Å². The first-order valence-corrected chi connectivity index (χ1v) is 19.6. The summed E-state index contributed by atoms with van der Waals surface area (Å²) >= 11 is 0. The van der Waals surface area contributed by atoms with E-state index >= 15 is 0 Å². The monoisotopic (exact) mass is 816 g/mol. The van der Waals surface area contributed by atoms with Crippen LogP contribution in [0, 0.1) is 12.1 Å². The van der Waals surface area contributed by atoms with E-state index in [9.17, 15) is 0 Å². The maximum Gasteiger partial charge on any atom is 0.0795 e. The second-order valence-corrected chi connectivity index (χ2v) is 18.5. The van der Waals surface area contributed by atoms with Gasteiger partial charge in [0.05, 0.1) is 8.07 Å².